The number of benzene rings is 1. The molecule has 0 radical (unpaired) electrons. The predicted octanol–water partition coefficient (Wildman–Crippen LogP) is 2.97. The largest absolute Gasteiger partial charge is 0.320 e. The third kappa shape index (κ3) is 3.60. The zero-order valence-corrected chi connectivity index (χ0v) is 17.0. The van der Waals surface area contributed by atoms with E-state index in [4.69, 9.17) is 0 Å². The SMILES string of the molecule is O=C(Nc1cccnc1)N[C@H](Cc1ccccc1)N1C(=O)[C@@H]2[C@H](C1=O)[C@H]1C=C[C@H]2CC1. The minimum atomic E-state index is -0.760. The molecule has 6 rings (SSSR count). The van der Waals surface area contributed by atoms with Gasteiger partial charge in [-0.1, -0.05) is 42.5 Å². The van der Waals surface area contributed by atoms with Crippen molar-refractivity contribution in [1.29, 1.82) is 0 Å². The van der Waals surface area contributed by atoms with Crippen LogP contribution in [-0.2, 0) is 16.0 Å². The lowest BCUT2D eigenvalue weighted by molar-refractivity contribution is -0.143. The van der Waals surface area contributed by atoms with E-state index in [1.807, 2.05) is 30.3 Å². The molecule has 1 aliphatic heterocycles. The molecule has 1 aromatic carbocycles. The molecule has 7 nitrogen and oxygen atoms in total. The fourth-order valence-corrected chi connectivity index (χ4v) is 5.20. The molecule has 7 heteroatoms. The standard InChI is InChI=1S/C24H24N4O3/c29-22-20-16-8-9-17(11-10-16)21(20)23(30)28(22)19(13-15-5-2-1-3-6-15)27-24(31)26-18-7-4-12-25-14-18/h1-9,12,14,16-17,19-21H,10-11,13H2,(H2,26,27,31)/t16-,17-,19-,20-,21+/m0/s1. The number of imide groups is 1. The van der Waals surface area contributed by atoms with Gasteiger partial charge >= 0.3 is 6.03 Å². The van der Waals surface area contributed by atoms with Crippen molar-refractivity contribution in [2.24, 2.45) is 23.7 Å². The summed E-state index contributed by atoms with van der Waals surface area (Å²) in [4.78, 5) is 44.8. The van der Waals surface area contributed by atoms with Gasteiger partial charge < -0.3 is 10.6 Å². The highest BCUT2D eigenvalue weighted by atomic mass is 16.2. The molecular weight excluding hydrogens is 392 g/mol. The van der Waals surface area contributed by atoms with Gasteiger partial charge in [0.2, 0.25) is 11.8 Å². The second-order valence-corrected chi connectivity index (χ2v) is 8.43. The highest BCUT2D eigenvalue weighted by Crippen LogP contribution is 2.49. The van der Waals surface area contributed by atoms with Crippen molar-refractivity contribution in [2.75, 3.05) is 5.32 Å². The van der Waals surface area contributed by atoms with E-state index in [0.29, 0.717) is 12.1 Å². The highest BCUT2D eigenvalue weighted by Gasteiger charge is 2.58. The van der Waals surface area contributed by atoms with E-state index < -0.39 is 12.2 Å². The van der Waals surface area contributed by atoms with Crippen LogP contribution in [0.3, 0.4) is 0 Å². The van der Waals surface area contributed by atoms with Crippen molar-refractivity contribution in [1.82, 2.24) is 15.2 Å². The Balaban J connectivity index is 1.41. The molecule has 1 saturated heterocycles. The smallest absolute Gasteiger partial charge is 0.317 e. The zero-order valence-electron chi connectivity index (χ0n) is 17.0. The Labute approximate surface area is 180 Å². The van der Waals surface area contributed by atoms with Gasteiger partial charge in [-0.15, -0.1) is 0 Å². The Bertz CT molecular complexity index is 992. The van der Waals surface area contributed by atoms with Gasteiger partial charge in [0.15, 0.2) is 0 Å². The van der Waals surface area contributed by atoms with Crippen molar-refractivity contribution < 1.29 is 14.4 Å². The molecule has 2 fully saturated rings. The molecule has 1 aromatic heterocycles. The van der Waals surface area contributed by atoms with E-state index in [-0.39, 0.29) is 35.5 Å². The molecule has 2 heterocycles. The van der Waals surface area contributed by atoms with E-state index in [1.54, 1.807) is 18.3 Å². The first-order chi connectivity index (χ1) is 15.1. The quantitative estimate of drug-likeness (QED) is 0.579. The number of aromatic nitrogens is 1. The van der Waals surface area contributed by atoms with Crippen LogP contribution in [0.5, 0.6) is 0 Å². The number of hydrogen-bond donors (Lipinski definition) is 2. The van der Waals surface area contributed by atoms with Gasteiger partial charge in [-0.25, -0.2) is 4.79 Å². The van der Waals surface area contributed by atoms with Gasteiger partial charge in [-0.05, 0) is 42.4 Å². The summed E-state index contributed by atoms with van der Waals surface area (Å²) in [5.41, 5.74) is 1.47. The Morgan fingerprint density at radius 2 is 1.68 bits per heavy atom. The van der Waals surface area contributed by atoms with Crippen molar-refractivity contribution >= 4 is 23.5 Å². The van der Waals surface area contributed by atoms with Crippen LogP contribution in [0, 0.1) is 23.7 Å². The van der Waals surface area contributed by atoms with E-state index in [1.165, 1.54) is 11.1 Å². The first-order valence-electron chi connectivity index (χ1n) is 10.7. The van der Waals surface area contributed by atoms with Crippen LogP contribution in [0.2, 0.25) is 0 Å². The molecule has 0 unspecified atom stereocenters. The number of hydrogen-bond acceptors (Lipinski definition) is 4. The minimum absolute atomic E-state index is 0.109. The maximum atomic E-state index is 13.4. The second-order valence-electron chi connectivity index (χ2n) is 8.43. The van der Waals surface area contributed by atoms with E-state index in [2.05, 4.69) is 27.8 Å². The van der Waals surface area contributed by atoms with Crippen LogP contribution in [-0.4, -0.2) is 33.9 Å². The average molecular weight is 416 g/mol. The molecule has 5 atom stereocenters. The summed E-state index contributed by atoms with van der Waals surface area (Å²) in [5.74, 6) is -0.736. The number of pyridine rings is 1. The van der Waals surface area contributed by atoms with Gasteiger partial charge in [-0.3, -0.25) is 19.5 Å². The fourth-order valence-electron chi connectivity index (χ4n) is 5.20. The summed E-state index contributed by atoms with van der Waals surface area (Å²) in [7, 11) is 0. The number of nitrogens with one attached hydrogen (secondary N) is 2. The van der Waals surface area contributed by atoms with Crippen molar-refractivity contribution in [3.05, 3.63) is 72.6 Å². The number of allylic oxidation sites excluding steroid dienone is 2. The zero-order chi connectivity index (χ0) is 21.4. The summed E-state index contributed by atoms with van der Waals surface area (Å²) < 4.78 is 0. The monoisotopic (exact) mass is 416 g/mol. The third-order valence-corrected chi connectivity index (χ3v) is 6.59. The van der Waals surface area contributed by atoms with Crippen molar-refractivity contribution in [3.8, 4) is 0 Å². The van der Waals surface area contributed by atoms with E-state index >= 15 is 0 Å². The lowest BCUT2D eigenvalue weighted by atomic mass is 9.63. The molecular formula is C24H24N4O3. The number of carbonyl (C=O) groups excluding carboxylic acids is 3. The topological polar surface area (TPSA) is 91.4 Å². The van der Waals surface area contributed by atoms with Crippen LogP contribution in [0.1, 0.15) is 18.4 Å². The van der Waals surface area contributed by atoms with Gasteiger partial charge in [0.25, 0.3) is 0 Å². The molecule has 4 aliphatic rings. The molecule has 2 aromatic rings. The Morgan fingerprint density at radius 1 is 1.00 bits per heavy atom. The fraction of sp³-hybridized carbons (Fsp3) is 0.333. The van der Waals surface area contributed by atoms with Gasteiger partial charge in [-0.2, -0.15) is 0 Å². The molecule has 0 spiro atoms. The number of rotatable bonds is 5. The Kier molecular flexibility index (Phi) is 5.02. The predicted molar refractivity (Wildman–Crippen MR) is 115 cm³/mol. The Hall–Kier alpha value is -3.48. The Morgan fingerprint density at radius 3 is 2.26 bits per heavy atom. The van der Waals surface area contributed by atoms with Gasteiger partial charge in [0.05, 0.1) is 23.7 Å². The van der Waals surface area contributed by atoms with Gasteiger partial charge in [0.1, 0.15) is 6.17 Å². The van der Waals surface area contributed by atoms with Crippen LogP contribution >= 0.6 is 0 Å². The van der Waals surface area contributed by atoms with Crippen molar-refractivity contribution in [3.63, 3.8) is 0 Å². The van der Waals surface area contributed by atoms with Crippen molar-refractivity contribution in [2.45, 2.75) is 25.4 Å². The van der Waals surface area contributed by atoms with Crippen LogP contribution < -0.4 is 10.6 Å². The lowest BCUT2D eigenvalue weighted by Crippen LogP contribution is -2.53. The second kappa shape index (κ2) is 7.98. The molecule has 4 amide bonds. The molecule has 31 heavy (non-hydrogen) atoms. The number of carbonyl (C=O) groups is 3. The molecule has 3 aliphatic carbocycles. The van der Waals surface area contributed by atoms with Crippen LogP contribution in [0.15, 0.2) is 67.0 Å². The van der Waals surface area contributed by atoms with Gasteiger partial charge in [0, 0.05) is 12.6 Å². The van der Waals surface area contributed by atoms with Crippen LogP contribution in [0.4, 0.5) is 10.5 Å². The number of likely N-dealkylation sites (tertiary alicyclic amines) is 1. The third-order valence-electron chi connectivity index (χ3n) is 6.59. The molecule has 158 valence electrons. The number of urea groups is 1. The summed E-state index contributed by atoms with van der Waals surface area (Å²) >= 11 is 0. The molecule has 1 saturated carbocycles. The summed E-state index contributed by atoms with van der Waals surface area (Å²) in [6, 6.07) is 12.5. The summed E-state index contributed by atoms with van der Waals surface area (Å²) in [6.07, 6.45) is 8.81. The molecule has 2 bridgehead atoms. The highest BCUT2D eigenvalue weighted by molar-refractivity contribution is 6.06. The number of amides is 4. The number of nitrogens with zero attached hydrogens (tertiary/aromatic N) is 2. The minimum Gasteiger partial charge on any atom is -0.317 e. The normalized spacial score (nSPS) is 27.2. The van der Waals surface area contributed by atoms with E-state index in [0.717, 1.165) is 18.4 Å². The van der Waals surface area contributed by atoms with Crippen LogP contribution in [0.25, 0.3) is 0 Å². The number of anilines is 1. The van der Waals surface area contributed by atoms with E-state index in [9.17, 15) is 14.4 Å². The maximum Gasteiger partial charge on any atom is 0.320 e. The first-order valence-corrected chi connectivity index (χ1v) is 10.7. The summed E-state index contributed by atoms with van der Waals surface area (Å²) in [5, 5.41) is 5.59. The summed E-state index contributed by atoms with van der Waals surface area (Å²) in [6.45, 7) is 0. The number of fused-ring (bicyclic) bond motifs is 1. The first kappa shape index (κ1) is 19.5. The lowest BCUT2D eigenvalue weighted by Gasteiger charge is -2.38. The molecule has 2 N–H and O–H groups in total. The average Bonchev–Trinajstić information content (AvgIpc) is 3.08. The maximum absolute atomic E-state index is 13.4.